The van der Waals surface area contributed by atoms with Crippen LogP contribution in [0.3, 0.4) is 0 Å². The summed E-state index contributed by atoms with van der Waals surface area (Å²) in [6.45, 7) is 18.4. The molecule has 0 aromatic carbocycles. The monoisotopic (exact) mass is 474 g/mol. The van der Waals surface area contributed by atoms with Gasteiger partial charge in [-0.1, -0.05) is 0 Å². The van der Waals surface area contributed by atoms with E-state index in [1.54, 1.807) is 76.2 Å². The van der Waals surface area contributed by atoms with Gasteiger partial charge < -0.3 is 28.8 Å². The lowest BCUT2D eigenvalue weighted by molar-refractivity contribution is -0.314. The molecule has 0 aromatic rings. The fourth-order valence-corrected chi connectivity index (χ4v) is 2.66. The minimum Gasteiger partial charge on any atom is -0.462 e. The van der Waals surface area contributed by atoms with E-state index in [1.165, 1.54) is 0 Å². The van der Waals surface area contributed by atoms with Crippen LogP contribution in [0.25, 0.3) is 0 Å². The highest BCUT2D eigenvalue weighted by Gasteiger charge is 2.52. The van der Waals surface area contributed by atoms with E-state index >= 15 is 0 Å². The molecule has 5 atom stereocenters. The molecule has 0 unspecified atom stereocenters. The quantitative estimate of drug-likeness (QED) is 0.458. The van der Waals surface area contributed by atoms with Crippen molar-refractivity contribution in [1.82, 2.24) is 0 Å². The van der Waals surface area contributed by atoms with Crippen LogP contribution in [0.2, 0.25) is 0 Å². The highest BCUT2D eigenvalue weighted by atomic mass is 16.7. The lowest BCUT2D eigenvalue weighted by Crippen LogP contribution is -2.63. The molecule has 1 aliphatic heterocycles. The van der Waals surface area contributed by atoms with Gasteiger partial charge >= 0.3 is 17.9 Å². The molecule has 1 saturated heterocycles. The van der Waals surface area contributed by atoms with Crippen molar-refractivity contribution in [3.63, 3.8) is 0 Å². The van der Waals surface area contributed by atoms with Crippen LogP contribution in [-0.2, 0) is 38.1 Å². The van der Waals surface area contributed by atoms with Gasteiger partial charge in [-0.3, -0.25) is 14.4 Å². The maximum absolute atomic E-state index is 12.7. The van der Waals surface area contributed by atoms with Gasteiger partial charge in [0, 0.05) is 0 Å². The minimum absolute atomic E-state index is 0.285. The molecule has 9 heteroatoms. The third-order valence-corrected chi connectivity index (χ3v) is 4.72. The molecular formula is C24H42O9. The van der Waals surface area contributed by atoms with E-state index < -0.39 is 64.9 Å². The normalized spacial score (nSPS) is 26.6. The van der Waals surface area contributed by atoms with E-state index in [2.05, 4.69) is 0 Å². The zero-order valence-electron chi connectivity index (χ0n) is 21.9. The van der Waals surface area contributed by atoms with Crippen molar-refractivity contribution >= 4 is 17.9 Å². The first-order valence-electron chi connectivity index (χ1n) is 11.3. The van der Waals surface area contributed by atoms with Gasteiger partial charge in [0.25, 0.3) is 0 Å². The van der Waals surface area contributed by atoms with Crippen molar-refractivity contribution in [2.45, 2.75) is 113 Å². The number of carbonyl (C=O) groups is 3. The summed E-state index contributed by atoms with van der Waals surface area (Å²) >= 11 is 0. The first-order valence-corrected chi connectivity index (χ1v) is 11.3. The number of ether oxygens (including phenoxy) is 5. The third kappa shape index (κ3) is 8.54. The predicted molar refractivity (Wildman–Crippen MR) is 120 cm³/mol. The Morgan fingerprint density at radius 1 is 0.788 bits per heavy atom. The van der Waals surface area contributed by atoms with Crippen molar-refractivity contribution in [2.75, 3.05) is 6.61 Å². The maximum atomic E-state index is 12.7. The summed E-state index contributed by atoms with van der Waals surface area (Å²) in [6.07, 6.45) is -6.50. The van der Waals surface area contributed by atoms with Crippen molar-refractivity contribution in [3.05, 3.63) is 0 Å². The number of aliphatic hydroxyl groups is 1. The van der Waals surface area contributed by atoms with Crippen molar-refractivity contribution in [1.29, 1.82) is 0 Å². The summed E-state index contributed by atoms with van der Waals surface area (Å²) in [5.41, 5.74) is -2.52. The van der Waals surface area contributed by atoms with E-state index in [1.807, 2.05) is 0 Å². The Kier molecular flexibility index (Phi) is 9.50. The average Bonchev–Trinajstić information content (AvgIpc) is 2.62. The molecule has 0 bridgehead atoms. The Bertz CT molecular complexity index is 694. The van der Waals surface area contributed by atoms with Crippen LogP contribution >= 0.6 is 0 Å². The zero-order chi connectivity index (χ0) is 25.9. The van der Waals surface area contributed by atoms with Gasteiger partial charge in [0.2, 0.25) is 0 Å². The van der Waals surface area contributed by atoms with Crippen LogP contribution in [-0.4, -0.2) is 66.4 Å². The number of aliphatic hydroxyl groups excluding tert-OH is 1. The van der Waals surface area contributed by atoms with Crippen LogP contribution < -0.4 is 0 Å². The molecule has 0 spiro atoms. The van der Waals surface area contributed by atoms with Crippen molar-refractivity contribution in [2.24, 2.45) is 16.2 Å². The van der Waals surface area contributed by atoms with E-state index in [-0.39, 0.29) is 12.7 Å². The Balaban J connectivity index is 3.35. The van der Waals surface area contributed by atoms with Gasteiger partial charge in [-0.05, 0) is 76.2 Å². The minimum atomic E-state index is -1.44. The summed E-state index contributed by atoms with van der Waals surface area (Å²) in [5, 5.41) is 11.0. The zero-order valence-corrected chi connectivity index (χ0v) is 21.9. The second-order valence-corrected chi connectivity index (χ2v) is 11.8. The molecule has 1 fully saturated rings. The Morgan fingerprint density at radius 3 is 1.61 bits per heavy atom. The van der Waals surface area contributed by atoms with Crippen LogP contribution in [0.4, 0.5) is 0 Å². The lowest BCUT2D eigenvalue weighted by Gasteiger charge is -2.44. The number of esters is 3. The fraction of sp³-hybridized carbons (Fsp3) is 0.875. The molecule has 9 nitrogen and oxygen atoms in total. The Labute approximate surface area is 197 Å². The van der Waals surface area contributed by atoms with E-state index in [4.69, 9.17) is 23.7 Å². The topological polar surface area (TPSA) is 118 Å². The van der Waals surface area contributed by atoms with Crippen molar-refractivity contribution in [3.8, 4) is 0 Å². The molecule has 1 aliphatic rings. The summed E-state index contributed by atoms with van der Waals surface area (Å²) < 4.78 is 28.3. The smallest absolute Gasteiger partial charge is 0.311 e. The Hall–Kier alpha value is -1.71. The molecule has 192 valence electrons. The van der Waals surface area contributed by atoms with E-state index in [9.17, 15) is 19.5 Å². The molecule has 1 N–H and O–H groups in total. The molecule has 0 saturated carbocycles. The van der Waals surface area contributed by atoms with Gasteiger partial charge in [-0.25, -0.2) is 0 Å². The van der Waals surface area contributed by atoms with E-state index in [0.29, 0.717) is 0 Å². The second-order valence-electron chi connectivity index (χ2n) is 11.8. The molecule has 1 rings (SSSR count). The second kappa shape index (κ2) is 10.7. The summed E-state index contributed by atoms with van der Waals surface area (Å²) in [4.78, 5) is 37.8. The molecular weight excluding hydrogens is 432 g/mol. The maximum Gasteiger partial charge on any atom is 0.311 e. The van der Waals surface area contributed by atoms with Gasteiger partial charge in [-0.2, -0.15) is 0 Å². The number of hydrogen-bond donors (Lipinski definition) is 1. The molecule has 0 aromatic heterocycles. The van der Waals surface area contributed by atoms with Gasteiger partial charge in [0.05, 0.1) is 22.3 Å². The molecule has 0 amide bonds. The van der Waals surface area contributed by atoms with Crippen LogP contribution in [0.5, 0.6) is 0 Å². The number of carbonyl (C=O) groups excluding carboxylic acids is 3. The standard InChI is InChI=1S/C24H42O9/c1-13(2)30-18-15(25)17(33-21(28)24(9,10)11)16(32-20(27)23(6,7)8)14(31-18)12-29-19(26)22(3,4)5/h13-18,25H,12H2,1-11H3/t14-,15-,16-,17-,18-/m1/s1. The average molecular weight is 475 g/mol. The van der Waals surface area contributed by atoms with Gasteiger partial charge in [0.15, 0.2) is 18.5 Å². The van der Waals surface area contributed by atoms with Crippen LogP contribution in [0.1, 0.15) is 76.2 Å². The summed E-state index contributed by atoms with van der Waals surface area (Å²) in [7, 11) is 0. The predicted octanol–water partition coefficient (Wildman–Crippen LogP) is 3.00. The highest BCUT2D eigenvalue weighted by molar-refractivity contribution is 5.77. The summed E-state index contributed by atoms with van der Waals surface area (Å²) in [5.74, 6) is -1.67. The van der Waals surface area contributed by atoms with Crippen LogP contribution in [0.15, 0.2) is 0 Å². The first-order chi connectivity index (χ1) is 14.7. The molecule has 1 heterocycles. The number of hydrogen-bond acceptors (Lipinski definition) is 9. The van der Waals surface area contributed by atoms with Gasteiger partial charge in [0.1, 0.15) is 18.8 Å². The fourth-order valence-electron chi connectivity index (χ4n) is 2.66. The summed E-state index contributed by atoms with van der Waals surface area (Å²) in [6, 6.07) is 0. The molecule has 33 heavy (non-hydrogen) atoms. The van der Waals surface area contributed by atoms with Gasteiger partial charge in [-0.15, -0.1) is 0 Å². The SMILES string of the molecule is CC(C)O[C@@H]1O[C@H](COC(=O)C(C)(C)C)[C@@H](OC(=O)C(C)(C)C)[C@H](OC(=O)C(C)(C)C)[C@H]1O. The molecule has 0 radical (unpaired) electrons. The Morgan fingerprint density at radius 2 is 1.21 bits per heavy atom. The largest absolute Gasteiger partial charge is 0.462 e. The highest BCUT2D eigenvalue weighted by Crippen LogP contribution is 2.32. The van der Waals surface area contributed by atoms with E-state index in [0.717, 1.165) is 0 Å². The lowest BCUT2D eigenvalue weighted by atomic mass is 9.93. The molecule has 0 aliphatic carbocycles. The number of rotatable bonds is 6. The first kappa shape index (κ1) is 29.3. The van der Waals surface area contributed by atoms with Crippen molar-refractivity contribution < 1.29 is 43.2 Å². The third-order valence-electron chi connectivity index (χ3n) is 4.72. The van der Waals surface area contributed by atoms with Crippen LogP contribution in [0, 0.1) is 16.2 Å².